The van der Waals surface area contributed by atoms with E-state index in [-0.39, 0.29) is 33.3 Å². The molecule has 2 heterocycles. The predicted molar refractivity (Wildman–Crippen MR) is 109 cm³/mol. The van der Waals surface area contributed by atoms with Gasteiger partial charge in [-0.15, -0.1) is 0 Å². The number of aromatic carboxylic acids is 1. The van der Waals surface area contributed by atoms with Gasteiger partial charge in [0.2, 0.25) is 5.43 Å². The summed E-state index contributed by atoms with van der Waals surface area (Å²) in [5, 5.41) is 10.4. The number of carboxylic acid groups (broad SMARTS) is 1. The number of aromatic nitrogens is 1. The number of halogens is 4. The molecule has 1 aromatic heterocycles. The van der Waals surface area contributed by atoms with Crippen molar-refractivity contribution in [3.05, 3.63) is 68.7 Å². The van der Waals surface area contributed by atoms with Crippen molar-refractivity contribution in [2.75, 3.05) is 18.5 Å². The van der Waals surface area contributed by atoms with E-state index < -0.39 is 34.4 Å². The fraction of sp³-hybridized carbons (Fsp3) is 0.200. The van der Waals surface area contributed by atoms with Crippen molar-refractivity contribution in [1.82, 2.24) is 9.58 Å². The Balaban J connectivity index is 2.02. The Morgan fingerprint density at radius 3 is 2.58 bits per heavy atom. The van der Waals surface area contributed by atoms with Crippen LogP contribution in [-0.4, -0.2) is 39.8 Å². The number of pyridine rings is 1. The molecule has 0 radical (unpaired) electrons. The monoisotopic (exact) mass is 452 g/mol. The van der Waals surface area contributed by atoms with Gasteiger partial charge in [-0.1, -0.05) is 11.6 Å². The van der Waals surface area contributed by atoms with Crippen molar-refractivity contribution in [3.8, 4) is 5.69 Å². The van der Waals surface area contributed by atoms with Crippen LogP contribution in [0, 0.1) is 17.5 Å². The standard InChI is InChI=1S/C20H16ClF3N4O3/c21-16-17(26-27-4-3-10(25)7-27)14(24)6-11-18(16)28(8-12(19(11)29)20(30)31)15-2-1-9(22)5-13(15)23/h1-2,5-6,8,10,26H,3-4,7,25H2,(H,30,31). The Morgan fingerprint density at radius 2 is 1.97 bits per heavy atom. The van der Waals surface area contributed by atoms with Crippen molar-refractivity contribution in [2.24, 2.45) is 5.73 Å². The lowest BCUT2D eigenvalue weighted by atomic mass is 10.1. The summed E-state index contributed by atoms with van der Waals surface area (Å²) >= 11 is 6.44. The molecule has 1 saturated heterocycles. The lowest BCUT2D eigenvalue weighted by Crippen LogP contribution is -2.31. The normalized spacial score (nSPS) is 16.7. The van der Waals surface area contributed by atoms with Crippen LogP contribution in [0.25, 0.3) is 16.6 Å². The Kier molecular flexibility index (Phi) is 5.38. The maximum Gasteiger partial charge on any atom is 0.341 e. The molecule has 0 aliphatic carbocycles. The molecule has 31 heavy (non-hydrogen) atoms. The number of hydrogen-bond acceptors (Lipinski definition) is 5. The molecule has 162 valence electrons. The largest absolute Gasteiger partial charge is 0.477 e. The van der Waals surface area contributed by atoms with Gasteiger partial charge in [0, 0.05) is 31.4 Å². The number of anilines is 1. The molecule has 1 aliphatic rings. The summed E-state index contributed by atoms with van der Waals surface area (Å²) in [6, 6.07) is 3.35. The number of nitrogens with one attached hydrogen (secondary N) is 1. The van der Waals surface area contributed by atoms with E-state index in [4.69, 9.17) is 17.3 Å². The first-order valence-corrected chi connectivity index (χ1v) is 9.58. The smallest absolute Gasteiger partial charge is 0.341 e. The molecule has 0 amide bonds. The lowest BCUT2D eigenvalue weighted by molar-refractivity contribution is 0.0695. The molecule has 1 aliphatic heterocycles. The molecule has 3 aromatic rings. The summed E-state index contributed by atoms with van der Waals surface area (Å²) in [6.07, 6.45) is 1.55. The minimum atomic E-state index is -1.59. The highest BCUT2D eigenvalue weighted by molar-refractivity contribution is 6.38. The average molecular weight is 453 g/mol. The number of carboxylic acids is 1. The van der Waals surface area contributed by atoms with Crippen LogP contribution in [0.1, 0.15) is 16.8 Å². The zero-order valence-corrected chi connectivity index (χ0v) is 16.6. The number of hydrazine groups is 1. The third-order valence-corrected chi connectivity index (χ3v) is 5.44. The molecule has 1 fully saturated rings. The minimum absolute atomic E-state index is 0.112. The number of nitrogens with two attached hydrogens (primary N) is 1. The van der Waals surface area contributed by atoms with Crippen LogP contribution >= 0.6 is 11.6 Å². The van der Waals surface area contributed by atoms with Crippen LogP contribution in [0.3, 0.4) is 0 Å². The van der Waals surface area contributed by atoms with Crippen LogP contribution in [0.15, 0.2) is 35.3 Å². The molecular formula is C20H16ClF3N4O3. The maximum absolute atomic E-state index is 14.9. The summed E-state index contributed by atoms with van der Waals surface area (Å²) in [5.41, 5.74) is 6.39. The molecule has 11 heteroatoms. The summed E-state index contributed by atoms with van der Waals surface area (Å²) < 4.78 is 43.8. The van der Waals surface area contributed by atoms with Gasteiger partial charge in [-0.25, -0.2) is 23.0 Å². The van der Waals surface area contributed by atoms with E-state index in [0.29, 0.717) is 25.6 Å². The van der Waals surface area contributed by atoms with Crippen molar-refractivity contribution < 1.29 is 23.1 Å². The number of hydrogen-bond donors (Lipinski definition) is 3. The highest BCUT2D eigenvalue weighted by atomic mass is 35.5. The van der Waals surface area contributed by atoms with E-state index in [9.17, 15) is 27.9 Å². The Hall–Kier alpha value is -3.08. The van der Waals surface area contributed by atoms with Crippen molar-refractivity contribution >= 4 is 34.2 Å². The third kappa shape index (κ3) is 3.73. The topological polar surface area (TPSA) is 101 Å². The number of fused-ring (bicyclic) bond motifs is 1. The van der Waals surface area contributed by atoms with Gasteiger partial charge in [0.25, 0.3) is 0 Å². The molecule has 1 unspecified atom stereocenters. The molecule has 0 saturated carbocycles. The van der Waals surface area contributed by atoms with Gasteiger partial charge >= 0.3 is 5.97 Å². The Morgan fingerprint density at radius 1 is 1.23 bits per heavy atom. The van der Waals surface area contributed by atoms with E-state index in [1.807, 2.05) is 0 Å². The van der Waals surface area contributed by atoms with Crippen LogP contribution in [0.4, 0.5) is 18.9 Å². The molecule has 7 nitrogen and oxygen atoms in total. The van der Waals surface area contributed by atoms with Crippen LogP contribution in [0.2, 0.25) is 5.02 Å². The van der Waals surface area contributed by atoms with Gasteiger partial charge in [-0.2, -0.15) is 0 Å². The van der Waals surface area contributed by atoms with Gasteiger partial charge < -0.3 is 20.8 Å². The predicted octanol–water partition coefficient (Wildman–Crippen LogP) is 3.12. The van der Waals surface area contributed by atoms with Crippen molar-refractivity contribution in [1.29, 1.82) is 0 Å². The Labute approximate surface area is 178 Å². The molecule has 2 aromatic carbocycles. The summed E-state index contributed by atoms with van der Waals surface area (Å²) in [5.74, 6) is -4.37. The van der Waals surface area contributed by atoms with Gasteiger partial charge in [0.15, 0.2) is 0 Å². The fourth-order valence-corrected chi connectivity index (χ4v) is 3.91. The first-order valence-electron chi connectivity index (χ1n) is 9.20. The zero-order valence-electron chi connectivity index (χ0n) is 15.8. The average Bonchev–Trinajstić information content (AvgIpc) is 3.11. The van der Waals surface area contributed by atoms with Gasteiger partial charge in [-0.3, -0.25) is 4.79 Å². The maximum atomic E-state index is 14.9. The fourth-order valence-electron chi connectivity index (χ4n) is 3.58. The first kappa shape index (κ1) is 21.2. The Bertz CT molecular complexity index is 1280. The lowest BCUT2D eigenvalue weighted by Gasteiger charge is -2.22. The molecule has 0 bridgehead atoms. The van der Waals surface area contributed by atoms with Crippen molar-refractivity contribution in [2.45, 2.75) is 12.5 Å². The second kappa shape index (κ2) is 7.88. The first-order chi connectivity index (χ1) is 14.7. The SMILES string of the molecule is NC1CCN(Nc2c(F)cc3c(=O)c(C(=O)O)cn(-c4ccc(F)cc4F)c3c2Cl)C1. The number of nitrogens with zero attached hydrogens (tertiary/aromatic N) is 2. The highest BCUT2D eigenvalue weighted by Gasteiger charge is 2.25. The zero-order chi connectivity index (χ0) is 22.4. The summed E-state index contributed by atoms with van der Waals surface area (Å²) in [6.45, 7) is 0.942. The number of benzene rings is 2. The number of carbonyl (C=O) groups is 1. The van der Waals surface area contributed by atoms with Crippen molar-refractivity contribution in [3.63, 3.8) is 0 Å². The van der Waals surface area contributed by atoms with Crippen LogP contribution < -0.4 is 16.6 Å². The van der Waals surface area contributed by atoms with Gasteiger partial charge in [0.1, 0.15) is 28.7 Å². The minimum Gasteiger partial charge on any atom is -0.477 e. The molecule has 1 atom stereocenters. The molecule has 4 rings (SSSR count). The number of rotatable bonds is 4. The summed E-state index contributed by atoms with van der Waals surface area (Å²) in [4.78, 5) is 24.2. The third-order valence-electron chi connectivity index (χ3n) is 5.08. The summed E-state index contributed by atoms with van der Waals surface area (Å²) in [7, 11) is 0. The van der Waals surface area contributed by atoms with E-state index in [2.05, 4.69) is 5.43 Å². The highest BCUT2D eigenvalue weighted by Crippen LogP contribution is 2.35. The van der Waals surface area contributed by atoms with Crippen LogP contribution in [-0.2, 0) is 0 Å². The van der Waals surface area contributed by atoms with Gasteiger partial charge in [-0.05, 0) is 24.6 Å². The molecule has 4 N–H and O–H groups in total. The van der Waals surface area contributed by atoms with E-state index >= 15 is 0 Å². The van der Waals surface area contributed by atoms with E-state index in [0.717, 1.165) is 29.0 Å². The van der Waals surface area contributed by atoms with Crippen LogP contribution in [0.5, 0.6) is 0 Å². The van der Waals surface area contributed by atoms with E-state index in [1.54, 1.807) is 5.01 Å². The van der Waals surface area contributed by atoms with Gasteiger partial charge in [0.05, 0.1) is 21.6 Å². The quantitative estimate of drug-likeness (QED) is 0.562. The molecule has 0 spiro atoms. The second-order valence-corrected chi connectivity index (χ2v) is 7.57. The molecular weight excluding hydrogens is 437 g/mol. The van der Waals surface area contributed by atoms with E-state index in [1.165, 1.54) is 0 Å². The second-order valence-electron chi connectivity index (χ2n) is 7.19.